The molecule has 0 aliphatic carbocycles. The molecule has 1 aliphatic rings. The fraction of sp³-hybridized carbons (Fsp3) is 0.412. The predicted octanol–water partition coefficient (Wildman–Crippen LogP) is 3.08. The Morgan fingerprint density at radius 2 is 2.24 bits per heavy atom. The van der Waals surface area contributed by atoms with Crippen LogP contribution in [0.1, 0.15) is 36.5 Å². The Bertz CT molecular complexity index is 668. The maximum absolute atomic E-state index is 12.8. The van der Waals surface area contributed by atoms with Crippen LogP contribution in [0.25, 0.3) is 10.9 Å². The number of carbonyl (C=O) groups excluding carboxylic acids is 1. The first-order chi connectivity index (χ1) is 10.2. The van der Waals surface area contributed by atoms with Gasteiger partial charge in [-0.1, -0.05) is 31.5 Å². The van der Waals surface area contributed by atoms with Crippen molar-refractivity contribution in [2.75, 3.05) is 18.8 Å². The molecule has 0 bridgehead atoms. The monoisotopic (exact) mass is 283 g/mol. The number of rotatable bonds is 3. The number of amides is 1. The molecule has 1 aliphatic heterocycles. The number of benzene rings is 1. The zero-order valence-corrected chi connectivity index (χ0v) is 12.4. The molecule has 21 heavy (non-hydrogen) atoms. The first-order valence-electron chi connectivity index (χ1n) is 7.63. The van der Waals surface area contributed by atoms with Gasteiger partial charge < -0.3 is 10.6 Å². The van der Waals surface area contributed by atoms with Gasteiger partial charge in [0.15, 0.2) is 0 Å². The lowest BCUT2D eigenvalue weighted by molar-refractivity contribution is 0.0788. The van der Waals surface area contributed by atoms with Gasteiger partial charge in [-0.05, 0) is 30.9 Å². The van der Waals surface area contributed by atoms with E-state index in [0.29, 0.717) is 17.3 Å². The van der Waals surface area contributed by atoms with Crippen LogP contribution in [0.4, 0.5) is 5.82 Å². The number of nitrogens with zero attached hydrogens (tertiary/aromatic N) is 2. The molecule has 0 spiro atoms. The third kappa shape index (κ3) is 2.71. The molecule has 1 fully saturated rings. The van der Waals surface area contributed by atoms with Crippen molar-refractivity contribution >= 4 is 22.6 Å². The number of pyridine rings is 1. The van der Waals surface area contributed by atoms with Gasteiger partial charge in [0.05, 0.1) is 11.1 Å². The summed E-state index contributed by atoms with van der Waals surface area (Å²) in [6.45, 7) is 3.91. The normalized spacial score (nSPS) is 18.3. The van der Waals surface area contributed by atoms with E-state index in [2.05, 4.69) is 11.9 Å². The summed E-state index contributed by atoms with van der Waals surface area (Å²) in [5.41, 5.74) is 7.31. The Balaban J connectivity index is 1.92. The quantitative estimate of drug-likeness (QED) is 0.941. The first-order valence-corrected chi connectivity index (χ1v) is 7.63. The van der Waals surface area contributed by atoms with Gasteiger partial charge in [-0.25, -0.2) is 4.98 Å². The van der Waals surface area contributed by atoms with E-state index in [1.165, 1.54) is 12.8 Å². The number of hydrogen-bond donors (Lipinski definition) is 1. The number of fused-ring (bicyclic) bond motifs is 1. The molecule has 1 unspecified atom stereocenters. The van der Waals surface area contributed by atoms with Gasteiger partial charge in [0.25, 0.3) is 5.91 Å². The maximum atomic E-state index is 12.8. The highest BCUT2D eigenvalue weighted by Gasteiger charge is 2.27. The second-order valence-electron chi connectivity index (χ2n) is 5.81. The number of nitrogen functional groups attached to an aromatic ring is 1. The van der Waals surface area contributed by atoms with Crippen molar-refractivity contribution in [3.8, 4) is 0 Å². The summed E-state index contributed by atoms with van der Waals surface area (Å²) in [6.07, 6.45) is 3.49. The van der Waals surface area contributed by atoms with Gasteiger partial charge in [-0.15, -0.1) is 0 Å². The van der Waals surface area contributed by atoms with Gasteiger partial charge in [0, 0.05) is 18.5 Å². The van der Waals surface area contributed by atoms with Gasteiger partial charge in [0.2, 0.25) is 0 Å². The van der Waals surface area contributed by atoms with Gasteiger partial charge in [-0.3, -0.25) is 4.79 Å². The number of anilines is 1. The summed E-state index contributed by atoms with van der Waals surface area (Å²) < 4.78 is 0. The van der Waals surface area contributed by atoms with E-state index in [4.69, 9.17) is 5.73 Å². The van der Waals surface area contributed by atoms with Crippen molar-refractivity contribution in [2.45, 2.75) is 26.2 Å². The smallest absolute Gasteiger partial charge is 0.254 e. The Morgan fingerprint density at radius 1 is 1.43 bits per heavy atom. The highest BCUT2D eigenvalue weighted by Crippen LogP contribution is 2.26. The zero-order chi connectivity index (χ0) is 14.8. The molecule has 4 heteroatoms. The zero-order valence-electron chi connectivity index (χ0n) is 12.4. The molecule has 1 saturated heterocycles. The standard InChI is InChI=1S/C17H21N3O/c1-2-5-12-8-9-20(11-12)17(21)14-10-16(18)19-15-7-4-3-6-13(14)15/h3-4,6-7,10,12H,2,5,8-9,11H2,1H3,(H2,18,19). The predicted molar refractivity (Wildman–Crippen MR) is 85.1 cm³/mol. The fourth-order valence-electron chi connectivity index (χ4n) is 3.20. The Labute approximate surface area is 125 Å². The van der Waals surface area contributed by atoms with Crippen LogP contribution in [0.2, 0.25) is 0 Å². The van der Waals surface area contributed by atoms with Crippen molar-refractivity contribution in [2.24, 2.45) is 5.92 Å². The Kier molecular flexibility index (Phi) is 3.78. The van der Waals surface area contributed by atoms with E-state index in [9.17, 15) is 4.79 Å². The van der Waals surface area contributed by atoms with Crippen molar-refractivity contribution < 1.29 is 4.79 Å². The molecular formula is C17H21N3O. The molecule has 1 aromatic carbocycles. The van der Waals surface area contributed by atoms with Crippen LogP contribution < -0.4 is 5.73 Å². The highest BCUT2D eigenvalue weighted by atomic mass is 16.2. The van der Waals surface area contributed by atoms with Gasteiger partial charge in [0.1, 0.15) is 5.82 Å². The number of carbonyl (C=O) groups is 1. The third-order valence-electron chi connectivity index (χ3n) is 4.24. The van der Waals surface area contributed by atoms with E-state index in [1.807, 2.05) is 29.2 Å². The minimum Gasteiger partial charge on any atom is -0.384 e. The lowest BCUT2D eigenvalue weighted by Gasteiger charge is -2.18. The number of hydrogen-bond acceptors (Lipinski definition) is 3. The molecule has 2 heterocycles. The number of nitrogens with two attached hydrogens (primary N) is 1. The molecule has 2 N–H and O–H groups in total. The minimum absolute atomic E-state index is 0.0823. The number of para-hydroxylation sites is 1. The maximum Gasteiger partial charge on any atom is 0.254 e. The van der Waals surface area contributed by atoms with Crippen molar-refractivity contribution in [3.05, 3.63) is 35.9 Å². The first kappa shape index (κ1) is 13.9. The Morgan fingerprint density at radius 3 is 3.05 bits per heavy atom. The third-order valence-corrected chi connectivity index (χ3v) is 4.24. The van der Waals surface area contributed by atoms with Crippen LogP contribution in [0, 0.1) is 5.92 Å². The average molecular weight is 283 g/mol. The second-order valence-corrected chi connectivity index (χ2v) is 5.81. The summed E-state index contributed by atoms with van der Waals surface area (Å²) in [7, 11) is 0. The molecular weight excluding hydrogens is 262 g/mol. The Hall–Kier alpha value is -2.10. The lowest BCUT2D eigenvalue weighted by atomic mass is 10.0. The van der Waals surface area contributed by atoms with E-state index < -0.39 is 0 Å². The van der Waals surface area contributed by atoms with Crippen molar-refractivity contribution in [3.63, 3.8) is 0 Å². The molecule has 3 rings (SSSR count). The number of likely N-dealkylation sites (tertiary alicyclic amines) is 1. The molecule has 110 valence electrons. The van der Waals surface area contributed by atoms with Crippen LogP contribution >= 0.6 is 0 Å². The van der Waals surface area contributed by atoms with Crippen molar-refractivity contribution in [1.82, 2.24) is 9.88 Å². The fourth-order valence-corrected chi connectivity index (χ4v) is 3.20. The van der Waals surface area contributed by atoms with E-state index in [1.54, 1.807) is 6.07 Å². The summed E-state index contributed by atoms with van der Waals surface area (Å²) in [6, 6.07) is 9.38. The van der Waals surface area contributed by atoms with Crippen LogP contribution in [0.5, 0.6) is 0 Å². The summed E-state index contributed by atoms with van der Waals surface area (Å²) in [5.74, 6) is 1.13. The largest absolute Gasteiger partial charge is 0.384 e. The van der Waals surface area contributed by atoms with E-state index in [0.717, 1.165) is 30.4 Å². The van der Waals surface area contributed by atoms with Crippen LogP contribution in [-0.4, -0.2) is 28.9 Å². The summed E-state index contributed by atoms with van der Waals surface area (Å²) >= 11 is 0. The SMILES string of the molecule is CCCC1CCN(C(=O)c2cc(N)nc3ccccc23)C1. The molecule has 0 radical (unpaired) electrons. The molecule has 0 saturated carbocycles. The molecule has 4 nitrogen and oxygen atoms in total. The van der Waals surface area contributed by atoms with Crippen LogP contribution in [0.15, 0.2) is 30.3 Å². The summed E-state index contributed by atoms with van der Waals surface area (Å²) in [4.78, 5) is 19.1. The van der Waals surface area contributed by atoms with Gasteiger partial charge in [-0.2, -0.15) is 0 Å². The van der Waals surface area contributed by atoms with Crippen LogP contribution in [0.3, 0.4) is 0 Å². The number of aromatic nitrogens is 1. The minimum atomic E-state index is 0.0823. The molecule has 1 aromatic heterocycles. The highest BCUT2D eigenvalue weighted by molar-refractivity contribution is 6.06. The molecule has 1 amide bonds. The van der Waals surface area contributed by atoms with E-state index in [-0.39, 0.29) is 5.91 Å². The lowest BCUT2D eigenvalue weighted by Crippen LogP contribution is -2.29. The average Bonchev–Trinajstić information content (AvgIpc) is 2.94. The summed E-state index contributed by atoms with van der Waals surface area (Å²) in [5, 5.41) is 0.885. The second kappa shape index (κ2) is 5.72. The van der Waals surface area contributed by atoms with Gasteiger partial charge >= 0.3 is 0 Å². The van der Waals surface area contributed by atoms with Crippen LogP contribution in [-0.2, 0) is 0 Å². The molecule has 2 aromatic rings. The molecule has 1 atom stereocenters. The van der Waals surface area contributed by atoms with Crippen molar-refractivity contribution in [1.29, 1.82) is 0 Å². The topological polar surface area (TPSA) is 59.2 Å². The van der Waals surface area contributed by atoms with E-state index >= 15 is 0 Å².